The van der Waals surface area contributed by atoms with Gasteiger partial charge in [0.05, 0.1) is 0 Å². The van der Waals surface area contributed by atoms with Gasteiger partial charge in [-0.3, -0.25) is 0 Å². The van der Waals surface area contributed by atoms with E-state index in [1.54, 1.807) is 0 Å². The van der Waals surface area contributed by atoms with Crippen LogP contribution in [0.25, 0.3) is 0 Å². The van der Waals surface area contributed by atoms with Gasteiger partial charge in [0.25, 0.3) is 0 Å². The van der Waals surface area contributed by atoms with Crippen molar-refractivity contribution < 1.29 is 13.2 Å². The Labute approximate surface area is 88.1 Å². The third kappa shape index (κ3) is 2.98. The highest BCUT2D eigenvalue weighted by Gasteiger charge is 2.13. The van der Waals surface area contributed by atoms with Crippen molar-refractivity contribution in [1.29, 1.82) is 0 Å². The minimum Gasteiger partial charge on any atom is -0.204 e. The van der Waals surface area contributed by atoms with Gasteiger partial charge in [0.15, 0.2) is 17.5 Å². The largest absolute Gasteiger partial charge is 0.204 e. The molecule has 0 saturated heterocycles. The maximum Gasteiger partial charge on any atom is 0.194 e. The molecule has 0 heterocycles. The minimum absolute atomic E-state index is 0.0644. The van der Waals surface area contributed by atoms with E-state index >= 15 is 0 Å². The zero-order valence-corrected chi connectivity index (χ0v) is 8.99. The predicted octanol–water partition coefficient (Wildman–Crippen LogP) is 4.40. The van der Waals surface area contributed by atoms with E-state index in [1.165, 1.54) is 0 Å². The average molecular weight is 216 g/mol. The smallest absolute Gasteiger partial charge is 0.194 e. The number of hydrogen-bond acceptors (Lipinski definition) is 0. The summed E-state index contributed by atoms with van der Waals surface area (Å²) in [7, 11) is 0. The van der Waals surface area contributed by atoms with Crippen molar-refractivity contribution in [2.24, 2.45) is 0 Å². The number of hydrogen-bond donors (Lipinski definition) is 0. The molecule has 0 radical (unpaired) electrons. The summed E-state index contributed by atoms with van der Waals surface area (Å²) in [5.74, 6) is -3.53. The van der Waals surface area contributed by atoms with E-state index in [2.05, 4.69) is 6.92 Å². The molecular weight excluding hydrogens is 201 g/mol. The Morgan fingerprint density at radius 1 is 1.13 bits per heavy atom. The van der Waals surface area contributed by atoms with Gasteiger partial charge in [-0.2, -0.15) is 0 Å². The lowest BCUT2D eigenvalue weighted by Crippen LogP contribution is -1.99. The van der Waals surface area contributed by atoms with Crippen molar-refractivity contribution in [3.05, 3.63) is 35.1 Å². The highest BCUT2D eigenvalue weighted by molar-refractivity contribution is 5.22. The van der Waals surface area contributed by atoms with E-state index in [4.69, 9.17) is 0 Å². The van der Waals surface area contributed by atoms with Crippen molar-refractivity contribution in [2.75, 3.05) is 0 Å². The molecule has 1 unspecified atom stereocenters. The molecule has 0 amide bonds. The zero-order chi connectivity index (χ0) is 11.4. The maximum atomic E-state index is 12.9. The molecule has 0 aliphatic heterocycles. The Balaban J connectivity index is 2.86. The maximum absolute atomic E-state index is 12.9. The number of halogens is 3. The summed E-state index contributed by atoms with van der Waals surface area (Å²) in [6.07, 6.45) is 2.90. The second-order valence-electron chi connectivity index (χ2n) is 3.84. The molecule has 15 heavy (non-hydrogen) atoms. The highest BCUT2D eigenvalue weighted by Crippen LogP contribution is 2.24. The van der Waals surface area contributed by atoms with Crippen LogP contribution in [-0.4, -0.2) is 0 Å². The van der Waals surface area contributed by atoms with Crippen LogP contribution < -0.4 is 0 Å². The fourth-order valence-electron chi connectivity index (χ4n) is 1.54. The van der Waals surface area contributed by atoms with Gasteiger partial charge in [0.2, 0.25) is 0 Å². The normalized spacial score (nSPS) is 12.9. The van der Waals surface area contributed by atoms with Gasteiger partial charge in [-0.25, -0.2) is 13.2 Å². The molecule has 84 valence electrons. The third-order valence-electron chi connectivity index (χ3n) is 2.57. The van der Waals surface area contributed by atoms with Gasteiger partial charge in [0, 0.05) is 0 Å². The molecule has 0 bridgehead atoms. The van der Waals surface area contributed by atoms with Gasteiger partial charge in [-0.05, 0) is 30.0 Å². The molecule has 1 atom stereocenters. The molecule has 1 aromatic carbocycles. The molecule has 0 fully saturated rings. The highest BCUT2D eigenvalue weighted by atomic mass is 19.2. The van der Waals surface area contributed by atoms with Crippen LogP contribution in [0.15, 0.2) is 12.1 Å². The van der Waals surface area contributed by atoms with Gasteiger partial charge in [-0.15, -0.1) is 0 Å². The van der Waals surface area contributed by atoms with Crippen LogP contribution in [0.4, 0.5) is 13.2 Å². The molecule has 0 aliphatic rings. The molecule has 0 saturated carbocycles. The quantitative estimate of drug-likeness (QED) is 0.654. The van der Waals surface area contributed by atoms with Crippen molar-refractivity contribution in [1.82, 2.24) is 0 Å². The molecule has 0 spiro atoms. The third-order valence-corrected chi connectivity index (χ3v) is 2.57. The SMILES string of the molecule is CCCCC(C)c1cc(F)c(F)c(F)c1. The van der Waals surface area contributed by atoms with Crippen LogP contribution in [0.1, 0.15) is 44.6 Å². The van der Waals surface area contributed by atoms with Crippen LogP contribution in [0, 0.1) is 17.5 Å². The lowest BCUT2D eigenvalue weighted by atomic mass is 9.95. The molecular formula is C12H15F3. The van der Waals surface area contributed by atoms with E-state index in [1.807, 2.05) is 6.92 Å². The van der Waals surface area contributed by atoms with E-state index in [0.717, 1.165) is 31.4 Å². The molecule has 3 heteroatoms. The number of rotatable bonds is 4. The second kappa shape index (κ2) is 5.19. The summed E-state index contributed by atoms with van der Waals surface area (Å²) in [5.41, 5.74) is 0.528. The monoisotopic (exact) mass is 216 g/mol. The molecule has 0 aromatic heterocycles. The Bertz CT molecular complexity index is 311. The van der Waals surface area contributed by atoms with Gasteiger partial charge in [0.1, 0.15) is 0 Å². The Morgan fingerprint density at radius 3 is 2.13 bits per heavy atom. The fourth-order valence-corrected chi connectivity index (χ4v) is 1.54. The lowest BCUT2D eigenvalue weighted by Gasteiger charge is -2.11. The lowest BCUT2D eigenvalue weighted by molar-refractivity contribution is 0.443. The van der Waals surface area contributed by atoms with Crippen molar-refractivity contribution in [3.8, 4) is 0 Å². The Kier molecular flexibility index (Phi) is 4.18. The predicted molar refractivity (Wildman–Crippen MR) is 54.3 cm³/mol. The van der Waals surface area contributed by atoms with Gasteiger partial charge < -0.3 is 0 Å². The first-order chi connectivity index (χ1) is 7.06. The van der Waals surface area contributed by atoms with E-state index in [0.29, 0.717) is 5.56 Å². The second-order valence-corrected chi connectivity index (χ2v) is 3.84. The van der Waals surface area contributed by atoms with Crippen molar-refractivity contribution in [3.63, 3.8) is 0 Å². The minimum atomic E-state index is -1.39. The van der Waals surface area contributed by atoms with E-state index in [9.17, 15) is 13.2 Å². The van der Waals surface area contributed by atoms with Crippen LogP contribution in [-0.2, 0) is 0 Å². The molecule has 1 rings (SSSR count). The zero-order valence-electron chi connectivity index (χ0n) is 8.99. The van der Waals surface area contributed by atoms with Crippen LogP contribution in [0.3, 0.4) is 0 Å². The number of benzene rings is 1. The Hall–Kier alpha value is -0.990. The van der Waals surface area contributed by atoms with E-state index in [-0.39, 0.29) is 5.92 Å². The van der Waals surface area contributed by atoms with Crippen molar-refractivity contribution in [2.45, 2.75) is 39.0 Å². The van der Waals surface area contributed by atoms with E-state index < -0.39 is 17.5 Å². The molecule has 0 nitrogen and oxygen atoms in total. The first kappa shape index (κ1) is 12.1. The summed E-state index contributed by atoms with van der Waals surface area (Å²) in [6, 6.07) is 2.16. The Morgan fingerprint density at radius 2 is 1.67 bits per heavy atom. The summed E-state index contributed by atoms with van der Waals surface area (Å²) < 4.78 is 38.5. The van der Waals surface area contributed by atoms with Crippen LogP contribution in [0.5, 0.6) is 0 Å². The first-order valence-corrected chi connectivity index (χ1v) is 5.20. The average Bonchev–Trinajstić information content (AvgIpc) is 2.21. The molecule has 0 aliphatic carbocycles. The molecule has 0 N–H and O–H groups in total. The van der Waals surface area contributed by atoms with Gasteiger partial charge >= 0.3 is 0 Å². The number of unbranched alkanes of at least 4 members (excludes halogenated alkanes) is 1. The fraction of sp³-hybridized carbons (Fsp3) is 0.500. The summed E-state index contributed by atoms with van der Waals surface area (Å²) in [4.78, 5) is 0. The summed E-state index contributed by atoms with van der Waals surface area (Å²) in [6.45, 7) is 3.94. The standard InChI is InChI=1S/C12H15F3/c1-3-4-5-8(2)9-6-10(13)12(15)11(14)7-9/h6-8H,3-5H2,1-2H3. The van der Waals surface area contributed by atoms with Gasteiger partial charge in [-0.1, -0.05) is 26.7 Å². The van der Waals surface area contributed by atoms with Crippen LogP contribution >= 0.6 is 0 Å². The van der Waals surface area contributed by atoms with Crippen molar-refractivity contribution >= 4 is 0 Å². The first-order valence-electron chi connectivity index (χ1n) is 5.20. The van der Waals surface area contributed by atoms with Crippen LogP contribution in [0.2, 0.25) is 0 Å². The molecule has 1 aromatic rings. The topological polar surface area (TPSA) is 0 Å². The summed E-state index contributed by atoms with van der Waals surface area (Å²) in [5, 5.41) is 0. The summed E-state index contributed by atoms with van der Waals surface area (Å²) >= 11 is 0.